The predicted molar refractivity (Wildman–Crippen MR) is 139 cm³/mol. The highest BCUT2D eigenvalue weighted by molar-refractivity contribution is 6.02. The van der Waals surface area contributed by atoms with Gasteiger partial charge < -0.3 is 0 Å². The van der Waals surface area contributed by atoms with Gasteiger partial charge in [0.05, 0.1) is 0 Å². The van der Waals surface area contributed by atoms with Gasteiger partial charge in [-0.3, -0.25) is 9.98 Å². The van der Waals surface area contributed by atoms with Gasteiger partial charge in [-0.25, -0.2) is 0 Å². The van der Waals surface area contributed by atoms with Crippen molar-refractivity contribution in [2.24, 2.45) is 15.9 Å². The summed E-state index contributed by atoms with van der Waals surface area (Å²) >= 11 is 0. The van der Waals surface area contributed by atoms with Gasteiger partial charge in [0, 0.05) is 31.6 Å². The van der Waals surface area contributed by atoms with Crippen molar-refractivity contribution in [3.05, 3.63) is 66.8 Å². The Kier molecular flexibility index (Phi) is 8.03. The van der Waals surface area contributed by atoms with Crippen LogP contribution >= 0.6 is 0 Å². The smallest absolute Gasteiger partial charge is 0.0391 e. The number of rotatable bonds is 6. The molecule has 168 valence electrons. The number of aliphatic imine (C=N–C) groups is 2. The third kappa shape index (κ3) is 4.68. The fourth-order valence-electron chi connectivity index (χ4n) is 5.00. The molecule has 0 fully saturated rings. The lowest BCUT2D eigenvalue weighted by Crippen LogP contribution is -2.16. The molecule has 0 aliphatic heterocycles. The molecule has 2 rings (SSSR count). The highest BCUT2D eigenvalue weighted by Crippen LogP contribution is 2.32. The van der Waals surface area contributed by atoms with Crippen molar-refractivity contribution in [2.45, 2.75) is 82.1 Å². The van der Waals surface area contributed by atoms with Crippen LogP contribution in [0, 0.1) is 61.3 Å². The Labute approximate surface area is 190 Å². The Hall–Kier alpha value is -2.22. The van der Waals surface area contributed by atoms with Gasteiger partial charge in [0.25, 0.3) is 0 Å². The Morgan fingerprint density at radius 1 is 0.677 bits per heavy atom. The fraction of sp³-hybridized carbons (Fsp3) is 0.517. The van der Waals surface area contributed by atoms with Gasteiger partial charge in [-0.1, -0.05) is 6.92 Å². The van der Waals surface area contributed by atoms with E-state index in [2.05, 4.69) is 85.4 Å². The first-order valence-corrected chi connectivity index (χ1v) is 11.5. The van der Waals surface area contributed by atoms with E-state index in [1.807, 2.05) is 14.1 Å². The van der Waals surface area contributed by atoms with Crippen LogP contribution in [0.2, 0.25) is 0 Å². The quantitative estimate of drug-likeness (QED) is 0.448. The molecule has 0 saturated carbocycles. The van der Waals surface area contributed by atoms with Crippen LogP contribution in [0.3, 0.4) is 0 Å². The van der Waals surface area contributed by atoms with Crippen LogP contribution in [0.25, 0.3) is 0 Å². The molecule has 1 atom stereocenters. The Balaban J connectivity index is 2.58. The summed E-state index contributed by atoms with van der Waals surface area (Å²) in [6, 6.07) is 0. The second-order valence-corrected chi connectivity index (χ2v) is 9.46. The minimum atomic E-state index is 0.521. The molecule has 0 radical (unpaired) electrons. The molecule has 2 aromatic rings. The Morgan fingerprint density at radius 3 is 1.65 bits per heavy atom. The van der Waals surface area contributed by atoms with E-state index in [0.29, 0.717) is 5.92 Å². The molecular weight excluding hydrogens is 376 g/mol. The molecule has 0 N–H and O–H groups in total. The van der Waals surface area contributed by atoms with Crippen molar-refractivity contribution in [3.8, 4) is 0 Å². The molecule has 0 amide bonds. The van der Waals surface area contributed by atoms with Gasteiger partial charge >= 0.3 is 0 Å². The summed E-state index contributed by atoms with van der Waals surface area (Å²) in [6.07, 6.45) is 4.17. The molecule has 0 spiro atoms. The van der Waals surface area contributed by atoms with E-state index in [9.17, 15) is 0 Å². The maximum atomic E-state index is 4.57. The van der Waals surface area contributed by atoms with Gasteiger partial charge in [-0.15, -0.1) is 0 Å². The number of nitrogens with zero attached hydrogens (tertiary/aromatic N) is 2. The van der Waals surface area contributed by atoms with Crippen LogP contribution in [0.1, 0.15) is 80.6 Å². The van der Waals surface area contributed by atoms with E-state index in [-0.39, 0.29) is 0 Å². The zero-order valence-electron chi connectivity index (χ0n) is 22.0. The van der Waals surface area contributed by atoms with Crippen LogP contribution < -0.4 is 0 Å². The minimum Gasteiger partial charge on any atom is -0.296 e. The summed E-state index contributed by atoms with van der Waals surface area (Å²) in [4.78, 5) is 8.95. The molecule has 2 heteroatoms. The third-order valence-corrected chi connectivity index (χ3v) is 7.75. The van der Waals surface area contributed by atoms with Crippen LogP contribution in [0.4, 0.5) is 0 Å². The summed E-state index contributed by atoms with van der Waals surface area (Å²) in [5.41, 5.74) is 18.0. The summed E-state index contributed by atoms with van der Waals surface area (Å²) in [6.45, 7) is 22.6. The summed E-state index contributed by atoms with van der Waals surface area (Å²) in [7, 11) is 3.78. The SMILES string of the molecule is CN=Cc1c(C)c(C)c(C)c(C)c1CC(C)Cc1c(C)c(C)c(C)c(C)c1C(C)=NC. The zero-order chi connectivity index (χ0) is 23.6. The van der Waals surface area contributed by atoms with E-state index in [4.69, 9.17) is 0 Å². The topological polar surface area (TPSA) is 24.7 Å². The highest BCUT2D eigenvalue weighted by atomic mass is 14.7. The number of hydrogen-bond donors (Lipinski definition) is 0. The molecule has 31 heavy (non-hydrogen) atoms. The Bertz CT molecular complexity index is 1050. The molecule has 0 saturated heterocycles. The Morgan fingerprint density at radius 2 is 1.13 bits per heavy atom. The lowest BCUT2D eigenvalue weighted by molar-refractivity contribution is 0.572. The largest absolute Gasteiger partial charge is 0.296 e. The summed E-state index contributed by atoms with van der Waals surface area (Å²) in [5, 5.41) is 0. The van der Waals surface area contributed by atoms with Crippen molar-refractivity contribution in [1.82, 2.24) is 0 Å². The standard InChI is InChI=1S/C29H42N2/c1-16(13-26-21(6)17(2)18(3)23(8)28(26)15-30-11)14-27-22(7)19(4)20(5)24(9)29(27)25(10)31-12/h15-16H,13-14H2,1-12H3. The van der Waals surface area contributed by atoms with Crippen molar-refractivity contribution in [2.75, 3.05) is 14.1 Å². The van der Waals surface area contributed by atoms with Crippen LogP contribution in [-0.4, -0.2) is 26.0 Å². The highest BCUT2D eigenvalue weighted by Gasteiger charge is 2.21. The molecule has 2 nitrogen and oxygen atoms in total. The minimum absolute atomic E-state index is 0.521. The van der Waals surface area contributed by atoms with Crippen molar-refractivity contribution in [3.63, 3.8) is 0 Å². The third-order valence-electron chi connectivity index (χ3n) is 7.75. The van der Waals surface area contributed by atoms with Gasteiger partial charge in [-0.2, -0.15) is 0 Å². The molecule has 0 aromatic heterocycles. The average molecular weight is 419 g/mol. The lowest BCUT2D eigenvalue weighted by Gasteiger charge is -2.25. The molecule has 0 bridgehead atoms. The molecule has 0 aliphatic carbocycles. The van der Waals surface area contributed by atoms with E-state index >= 15 is 0 Å². The first-order valence-electron chi connectivity index (χ1n) is 11.5. The van der Waals surface area contributed by atoms with Gasteiger partial charge in [0.2, 0.25) is 0 Å². The predicted octanol–water partition coefficient (Wildman–Crippen LogP) is 7.06. The molecule has 2 aromatic carbocycles. The van der Waals surface area contributed by atoms with Crippen LogP contribution in [0.15, 0.2) is 9.98 Å². The van der Waals surface area contributed by atoms with E-state index in [1.54, 1.807) is 0 Å². The van der Waals surface area contributed by atoms with Gasteiger partial charge in [0.1, 0.15) is 0 Å². The van der Waals surface area contributed by atoms with E-state index in [0.717, 1.165) is 18.6 Å². The molecular formula is C29H42N2. The van der Waals surface area contributed by atoms with Crippen molar-refractivity contribution in [1.29, 1.82) is 0 Å². The van der Waals surface area contributed by atoms with Crippen molar-refractivity contribution >= 4 is 11.9 Å². The lowest BCUT2D eigenvalue weighted by atomic mass is 9.80. The average Bonchev–Trinajstić information content (AvgIpc) is 2.75. The first kappa shape index (κ1) is 25.0. The second kappa shape index (κ2) is 9.94. The summed E-state index contributed by atoms with van der Waals surface area (Å²) in [5.74, 6) is 0.521. The van der Waals surface area contributed by atoms with E-state index < -0.39 is 0 Å². The first-order chi connectivity index (χ1) is 14.5. The normalized spacial score (nSPS) is 13.4. The van der Waals surface area contributed by atoms with Crippen molar-refractivity contribution < 1.29 is 0 Å². The monoisotopic (exact) mass is 418 g/mol. The zero-order valence-corrected chi connectivity index (χ0v) is 22.0. The molecule has 0 heterocycles. The van der Waals surface area contributed by atoms with Gasteiger partial charge in [0.15, 0.2) is 0 Å². The second-order valence-electron chi connectivity index (χ2n) is 9.46. The van der Waals surface area contributed by atoms with E-state index in [1.165, 1.54) is 66.8 Å². The number of benzene rings is 2. The molecule has 1 unspecified atom stereocenters. The van der Waals surface area contributed by atoms with Crippen LogP contribution in [0.5, 0.6) is 0 Å². The maximum Gasteiger partial charge on any atom is 0.0391 e. The summed E-state index contributed by atoms with van der Waals surface area (Å²) < 4.78 is 0. The fourth-order valence-corrected chi connectivity index (χ4v) is 5.00. The number of hydrogen-bond acceptors (Lipinski definition) is 2. The maximum absolute atomic E-state index is 4.57. The molecule has 0 aliphatic rings. The van der Waals surface area contributed by atoms with Gasteiger partial charge in [-0.05, 0) is 142 Å². The van der Waals surface area contributed by atoms with Crippen LogP contribution in [-0.2, 0) is 12.8 Å².